The van der Waals surface area contributed by atoms with Crippen molar-refractivity contribution in [3.05, 3.63) is 91.1 Å². The van der Waals surface area contributed by atoms with E-state index in [-0.39, 0.29) is 68.1 Å². The molecule has 3 aromatic heterocycles. The first-order chi connectivity index (χ1) is 22.4. The molecule has 7 rings (SSSR count). The third kappa shape index (κ3) is 4.24. The summed E-state index contributed by atoms with van der Waals surface area (Å²) >= 11 is 0. The summed E-state index contributed by atoms with van der Waals surface area (Å²) < 4.78 is 14.8. The van der Waals surface area contributed by atoms with Crippen molar-refractivity contribution in [3.63, 3.8) is 0 Å². The van der Waals surface area contributed by atoms with Crippen molar-refractivity contribution in [1.29, 1.82) is 0 Å². The number of phenols is 2. The molecule has 4 heterocycles. The molecule has 12 heteroatoms. The summed E-state index contributed by atoms with van der Waals surface area (Å²) in [6, 6.07) is 10.3. The number of phenolic OH excluding ortho intramolecular Hbond substituents is 2. The maximum Gasteiger partial charge on any atom is 0.329 e. The van der Waals surface area contributed by atoms with Crippen LogP contribution in [0.15, 0.2) is 51.7 Å². The zero-order valence-corrected chi connectivity index (χ0v) is 26.8. The van der Waals surface area contributed by atoms with Gasteiger partial charge in [0, 0.05) is 18.2 Å². The van der Waals surface area contributed by atoms with Gasteiger partial charge in [-0.05, 0) is 69.5 Å². The summed E-state index contributed by atoms with van der Waals surface area (Å²) in [5.41, 5.74) is 0.264. The number of aromatic nitrogens is 5. The second-order valence-electron chi connectivity index (χ2n) is 12.6. The summed E-state index contributed by atoms with van der Waals surface area (Å²) in [7, 11) is 1.58. The van der Waals surface area contributed by atoms with Crippen LogP contribution in [0, 0.1) is 19.8 Å². The van der Waals surface area contributed by atoms with Gasteiger partial charge in [-0.1, -0.05) is 13.8 Å². The number of aromatic hydroxyl groups is 2. The van der Waals surface area contributed by atoms with Gasteiger partial charge in [0.1, 0.15) is 39.8 Å². The molecule has 0 radical (unpaired) electrons. The minimum absolute atomic E-state index is 0.0623. The van der Waals surface area contributed by atoms with E-state index in [0.717, 1.165) is 0 Å². The van der Waals surface area contributed by atoms with E-state index in [1.54, 1.807) is 49.9 Å². The number of nitrogens with zero attached hydrogens (tertiary/aromatic N) is 4. The highest BCUT2D eigenvalue weighted by Crippen LogP contribution is 2.60. The molecule has 1 aliphatic heterocycles. The van der Waals surface area contributed by atoms with E-state index >= 15 is 0 Å². The average molecular weight is 636 g/mol. The number of H-pyrrole nitrogens is 1. The van der Waals surface area contributed by atoms with Gasteiger partial charge in [-0.2, -0.15) is 5.10 Å². The highest BCUT2D eigenvalue weighted by atomic mass is 16.5. The summed E-state index contributed by atoms with van der Waals surface area (Å²) in [6.45, 7) is 9.34. The summed E-state index contributed by atoms with van der Waals surface area (Å²) in [6.07, 6.45) is 2.39. The number of aryl methyl sites for hydroxylation is 2. The number of ketones is 1. The van der Waals surface area contributed by atoms with Gasteiger partial charge in [0.25, 0.3) is 5.56 Å². The van der Waals surface area contributed by atoms with E-state index in [0.29, 0.717) is 41.4 Å². The van der Waals surface area contributed by atoms with Crippen LogP contribution in [0.1, 0.15) is 60.1 Å². The Morgan fingerprint density at radius 1 is 1.02 bits per heavy atom. The monoisotopic (exact) mass is 635 g/mol. The number of carbonyl (C=O) groups is 1. The molecule has 0 fully saturated rings. The van der Waals surface area contributed by atoms with Crippen LogP contribution in [-0.4, -0.2) is 47.4 Å². The van der Waals surface area contributed by atoms with E-state index in [2.05, 4.69) is 10.1 Å². The third-order valence-corrected chi connectivity index (χ3v) is 9.23. The lowest BCUT2D eigenvalue weighted by molar-refractivity contribution is 0.0905. The number of fused-ring (bicyclic) bond motifs is 5. The molecule has 2 aliphatic rings. The number of rotatable bonds is 6. The molecule has 0 saturated carbocycles. The maximum atomic E-state index is 14.5. The molecule has 0 saturated heterocycles. The lowest BCUT2D eigenvalue weighted by Crippen LogP contribution is -2.36. The molecule has 0 amide bonds. The first-order valence-electron chi connectivity index (χ1n) is 15.3. The first kappa shape index (κ1) is 30.0. The fourth-order valence-corrected chi connectivity index (χ4v) is 6.51. The molecule has 0 bridgehead atoms. The number of Topliss-reactive ketones (excluding diaryl/α,β-unsaturated/α-hetero) is 1. The zero-order chi connectivity index (χ0) is 33.5. The van der Waals surface area contributed by atoms with Crippen LogP contribution >= 0.6 is 0 Å². The van der Waals surface area contributed by atoms with Crippen LogP contribution in [0.25, 0.3) is 34.1 Å². The van der Waals surface area contributed by atoms with Crippen molar-refractivity contribution in [2.24, 2.45) is 5.92 Å². The van der Waals surface area contributed by atoms with E-state index in [4.69, 9.17) is 14.5 Å². The average Bonchev–Trinajstić information content (AvgIpc) is 3.53. The SMILES string of the molecule is COc1ccc(-n2nc(C)c3c2C=C2Oc4c(-c5ccc6c(=O)[nH]c(=O)n(CCC(C)C)c6n5)c(O)c(C)c(O)c4C2(C)C3=O)cc1. The van der Waals surface area contributed by atoms with Crippen molar-refractivity contribution < 1.29 is 24.5 Å². The van der Waals surface area contributed by atoms with Crippen molar-refractivity contribution in [1.82, 2.24) is 24.3 Å². The summed E-state index contributed by atoms with van der Waals surface area (Å²) in [5.74, 6) is 0.349. The molecule has 47 heavy (non-hydrogen) atoms. The van der Waals surface area contributed by atoms with Crippen LogP contribution in [0.4, 0.5) is 0 Å². The van der Waals surface area contributed by atoms with Crippen molar-refractivity contribution in [3.8, 4) is 39.9 Å². The minimum Gasteiger partial charge on any atom is -0.507 e. The molecular weight excluding hydrogens is 602 g/mol. The number of hydrogen-bond donors (Lipinski definition) is 3. The van der Waals surface area contributed by atoms with Gasteiger partial charge < -0.3 is 19.7 Å². The zero-order valence-electron chi connectivity index (χ0n) is 26.8. The van der Waals surface area contributed by atoms with Crippen molar-refractivity contribution >= 4 is 22.9 Å². The largest absolute Gasteiger partial charge is 0.507 e. The molecule has 12 nitrogen and oxygen atoms in total. The summed E-state index contributed by atoms with van der Waals surface area (Å²) in [5, 5.41) is 27.8. The first-order valence-corrected chi connectivity index (χ1v) is 15.3. The van der Waals surface area contributed by atoms with Gasteiger partial charge in [-0.15, -0.1) is 0 Å². The highest BCUT2D eigenvalue weighted by molar-refractivity contribution is 6.14. The maximum absolute atomic E-state index is 14.5. The fraction of sp³-hybridized carbons (Fsp3) is 0.286. The second kappa shape index (κ2) is 10.4. The Hall–Kier alpha value is -5.65. The number of methoxy groups -OCH3 is 1. The molecule has 0 spiro atoms. The summed E-state index contributed by atoms with van der Waals surface area (Å²) in [4.78, 5) is 47.2. The fourth-order valence-electron chi connectivity index (χ4n) is 6.51. The molecule has 5 aromatic rings. The number of carbonyl (C=O) groups excluding carboxylic acids is 1. The van der Waals surface area contributed by atoms with Gasteiger partial charge >= 0.3 is 5.69 Å². The highest BCUT2D eigenvalue weighted by Gasteiger charge is 2.55. The van der Waals surface area contributed by atoms with Gasteiger partial charge in [-0.3, -0.25) is 19.1 Å². The number of benzene rings is 2. The van der Waals surface area contributed by atoms with Gasteiger partial charge in [0.05, 0.1) is 52.0 Å². The standard InChI is InChI=1S/C35H33N5O7/c1-16(2)13-14-39-32-21(33(44)37-34(39)45)11-12-22(36-32)26-28(41)17(3)29(42)27-30(26)47-24-15-23-25(31(43)35(24,27)5)18(4)38-40(23)19-7-9-20(46-6)10-8-19/h7-12,15-16,41-42H,13-14H2,1-6H3,(H,37,44,45). The number of nitrogens with one attached hydrogen (secondary N) is 1. The van der Waals surface area contributed by atoms with E-state index in [9.17, 15) is 24.6 Å². The van der Waals surface area contributed by atoms with Crippen molar-refractivity contribution in [2.75, 3.05) is 7.11 Å². The molecule has 1 aliphatic carbocycles. The molecule has 1 unspecified atom stereocenters. The topological polar surface area (TPSA) is 162 Å². The van der Waals surface area contributed by atoms with Crippen molar-refractivity contribution in [2.45, 2.75) is 53.0 Å². The minimum atomic E-state index is -1.45. The Balaban J connectivity index is 1.44. The second-order valence-corrected chi connectivity index (χ2v) is 12.6. The van der Waals surface area contributed by atoms with E-state index in [1.807, 2.05) is 26.0 Å². The lowest BCUT2D eigenvalue weighted by Gasteiger charge is -2.27. The third-order valence-electron chi connectivity index (χ3n) is 9.23. The van der Waals surface area contributed by atoms with Crippen LogP contribution in [-0.2, 0) is 12.0 Å². The van der Waals surface area contributed by atoms with E-state index in [1.165, 1.54) is 17.6 Å². The number of ether oxygens (including phenoxy) is 2. The molecule has 1 atom stereocenters. The number of pyridine rings is 1. The number of aromatic amines is 1. The Bertz CT molecular complexity index is 2310. The number of hydrogen-bond acceptors (Lipinski definition) is 9. The molecule has 2 aromatic carbocycles. The predicted octanol–water partition coefficient (Wildman–Crippen LogP) is 4.91. The predicted molar refractivity (Wildman–Crippen MR) is 175 cm³/mol. The Kier molecular flexibility index (Phi) is 6.67. The Morgan fingerprint density at radius 2 is 1.74 bits per heavy atom. The van der Waals surface area contributed by atoms with Crippen LogP contribution in [0.3, 0.4) is 0 Å². The quantitative estimate of drug-likeness (QED) is 0.235. The smallest absolute Gasteiger partial charge is 0.329 e. The van der Waals surface area contributed by atoms with Crippen LogP contribution in [0.5, 0.6) is 23.0 Å². The van der Waals surface area contributed by atoms with Gasteiger partial charge in [-0.25, -0.2) is 14.5 Å². The van der Waals surface area contributed by atoms with Gasteiger partial charge in [0.2, 0.25) is 0 Å². The Labute approximate surface area is 268 Å². The van der Waals surface area contributed by atoms with Crippen LogP contribution in [0.2, 0.25) is 0 Å². The molecule has 3 N–H and O–H groups in total. The Morgan fingerprint density at radius 3 is 2.43 bits per heavy atom. The molecular formula is C35H33N5O7. The van der Waals surface area contributed by atoms with Gasteiger partial charge in [0.15, 0.2) is 5.78 Å². The molecule has 240 valence electrons. The normalized spacial score (nSPS) is 16.6. The number of allylic oxidation sites excluding steroid dienone is 1. The van der Waals surface area contributed by atoms with E-state index < -0.39 is 16.7 Å². The lowest BCUT2D eigenvalue weighted by atomic mass is 9.71. The van der Waals surface area contributed by atoms with Crippen LogP contribution < -0.4 is 20.7 Å².